The van der Waals surface area contributed by atoms with E-state index in [1.54, 1.807) is 0 Å². The Balaban J connectivity index is 2.46. The van der Waals surface area contributed by atoms with Crippen LogP contribution in [0.15, 0.2) is 24.3 Å². The molecule has 2 aromatic rings. The molecule has 1 aromatic heterocycles. The zero-order chi connectivity index (χ0) is 10.8. The molecule has 0 saturated carbocycles. The van der Waals surface area contributed by atoms with Crippen molar-refractivity contribution in [3.63, 3.8) is 0 Å². The summed E-state index contributed by atoms with van der Waals surface area (Å²) in [7, 11) is 0. The van der Waals surface area contributed by atoms with Crippen LogP contribution in [0.3, 0.4) is 0 Å². The molecule has 74 valence electrons. The van der Waals surface area contributed by atoms with Crippen molar-refractivity contribution in [1.29, 1.82) is 5.26 Å². The molecule has 0 saturated heterocycles. The predicted octanol–water partition coefficient (Wildman–Crippen LogP) is 3.64. The summed E-state index contributed by atoms with van der Waals surface area (Å²) in [5, 5.41) is 9.52. The highest BCUT2D eigenvalue weighted by atomic mass is 35.5. The smallest absolute Gasteiger partial charge is 0.170 e. The second-order valence-corrected chi connectivity index (χ2v) is 4.72. The Bertz CT molecular complexity index is 523. The maximum absolute atomic E-state index is 8.73. The van der Waals surface area contributed by atoms with Gasteiger partial charge in [0.15, 0.2) is 5.69 Å². The third kappa shape index (κ3) is 2.01. The number of nitrogens with zero attached hydrogens (tertiary/aromatic N) is 2. The van der Waals surface area contributed by atoms with Gasteiger partial charge in [0.25, 0.3) is 0 Å². The third-order valence-electron chi connectivity index (χ3n) is 1.99. The maximum atomic E-state index is 8.73. The van der Waals surface area contributed by atoms with Gasteiger partial charge in [-0.05, 0) is 6.92 Å². The maximum Gasteiger partial charge on any atom is 0.170 e. The summed E-state index contributed by atoms with van der Waals surface area (Å²) in [6.45, 7) is 2.03. The summed E-state index contributed by atoms with van der Waals surface area (Å²) in [6, 6.07) is 9.94. The van der Waals surface area contributed by atoms with Crippen molar-refractivity contribution in [3.05, 3.63) is 39.9 Å². The molecule has 0 radical (unpaired) electrons. The fraction of sp³-hybridized carbons (Fsp3) is 0.0909. The highest BCUT2D eigenvalue weighted by Crippen LogP contribution is 2.31. The summed E-state index contributed by atoms with van der Waals surface area (Å²) in [5.74, 6) is 0. The number of rotatable bonds is 1. The van der Waals surface area contributed by atoms with Crippen molar-refractivity contribution >= 4 is 22.9 Å². The van der Waals surface area contributed by atoms with Crippen LogP contribution in [-0.2, 0) is 0 Å². The van der Waals surface area contributed by atoms with Gasteiger partial charge in [-0.25, -0.2) is 4.98 Å². The van der Waals surface area contributed by atoms with Crippen LogP contribution in [0.4, 0.5) is 0 Å². The van der Waals surface area contributed by atoms with E-state index < -0.39 is 0 Å². The first-order valence-corrected chi connectivity index (χ1v) is 5.53. The number of halogens is 1. The van der Waals surface area contributed by atoms with Crippen molar-refractivity contribution in [1.82, 2.24) is 4.98 Å². The van der Waals surface area contributed by atoms with E-state index in [0.29, 0.717) is 10.0 Å². The Morgan fingerprint density at radius 2 is 2.00 bits per heavy atom. The van der Waals surface area contributed by atoms with Gasteiger partial charge in [0.1, 0.15) is 15.4 Å². The largest absolute Gasteiger partial charge is 0.224 e. The number of benzene rings is 1. The van der Waals surface area contributed by atoms with Crippen molar-refractivity contribution in [2.75, 3.05) is 0 Å². The Kier molecular flexibility index (Phi) is 2.72. The highest BCUT2D eigenvalue weighted by molar-refractivity contribution is 7.19. The van der Waals surface area contributed by atoms with Crippen molar-refractivity contribution in [3.8, 4) is 16.6 Å². The molecule has 0 aliphatic rings. The van der Waals surface area contributed by atoms with Gasteiger partial charge < -0.3 is 0 Å². The van der Waals surface area contributed by atoms with E-state index >= 15 is 0 Å². The number of hydrogen-bond donors (Lipinski definition) is 0. The first kappa shape index (κ1) is 10.2. The van der Waals surface area contributed by atoms with Crippen LogP contribution in [0, 0.1) is 18.3 Å². The van der Waals surface area contributed by atoms with Crippen LogP contribution < -0.4 is 0 Å². The van der Waals surface area contributed by atoms with Gasteiger partial charge in [-0.3, -0.25) is 0 Å². The second kappa shape index (κ2) is 4.01. The quantitative estimate of drug-likeness (QED) is 0.755. The number of aromatic nitrogens is 1. The molecule has 15 heavy (non-hydrogen) atoms. The van der Waals surface area contributed by atoms with Crippen LogP contribution in [0.2, 0.25) is 4.34 Å². The Labute approximate surface area is 96.8 Å². The normalized spacial score (nSPS) is 9.93. The van der Waals surface area contributed by atoms with Crippen molar-refractivity contribution in [2.24, 2.45) is 0 Å². The van der Waals surface area contributed by atoms with E-state index in [4.69, 9.17) is 16.9 Å². The first-order chi connectivity index (χ1) is 7.20. The molecule has 0 N–H and O–H groups in total. The van der Waals surface area contributed by atoms with Gasteiger partial charge >= 0.3 is 0 Å². The van der Waals surface area contributed by atoms with Gasteiger partial charge in [-0.15, -0.1) is 11.3 Å². The van der Waals surface area contributed by atoms with Crippen molar-refractivity contribution in [2.45, 2.75) is 6.92 Å². The zero-order valence-corrected chi connectivity index (χ0v) is 9.56. The zero-order valence-electron chi connectivity index (χ0n) is 7.99. The van der Waals surface area contributed by atoms with Gasteiger partial charge in [0, 0.05) is 5.56 Å². The number of aryl methyl sites for hydroxylation is 1. The van der Waals surface area contributed by atoms with E-state index in [1.165, 1.54) is 16.9 Å². The van der Waals surface area contributed by atoms with E-state index in [2.05, 4.69) is 4.98 Å². The molecule has 2 rings (SSSR count). The number of thiazole rings is 1. The first-order valence-electron chi connectivity index (χ1n) is 4.34. The van der Waals surface area contributed by atoms with Crippen LogP contribution in [0.25, 0.3) is 10.6 Å². The topological polar surface area (TPSA) is 36.7 Å². The van der Waals surface area contributed by atoms with E-state index in [-0.39, 0.29) is 0 Å². The lowest BCUT2D eigenvalue weighted by Gasteiger charge is -1.95. The minimum absolute atomic E-state index is 0.303. The summed E-state index contributed by atoms with van der Waals surface area (Å²) >= 11 is 7.19. The fourth-order valence-electron chi connectivity index (χ4n) is 1.19. The molecule has 0 amide bonds. The molecule has 4 heteroatoms. The summed E-state index contributed by atoms with van der Waals surface area (Å²) < 4.78 is 0.452. The number of hydrogen-bond acceptors (Lipinski definition) is 3. The summed E-state index contributed by atoms with van der Waals surface area (Å²) in [4.78, 5) is 4.15. The second-order valence-electron chi connectivity index (χ2n) is 3.12. The predicted molar refractivity (Wildman–Crippen MR) is 62.0 cm³/mol. The minimum atomic E-state index is 0.303. The standard InChI is InChI=1S/C11H7ClN2S/c1-7-2-4-8(5-3-7)11-14-9(6-13)10(12)15-11/h2-5H,1H3. The molecular formula is C11H7ClN2S. The SMILES string of the molecule is Cc1ccc(-c2nc(C#N)c(Cl)s2)cc1. The Hall–Kier alpha value is -1.37. The average Bonchev–Trinajstić information content (AvgIpc) is 2.61. The third-order valence-corrected chi connectivity index (χ3v) is 3.29. The molecule has 1 aromatic carbocycles. The van der Waals surface area contributed by atoms with Crippen molar-refractivity contribution < 1.29 is 0 Å². The summed E-state index contributed by atoms with van der Waals surface area (Å²) in [6.07, 6.45) is 0. The molecule has 0 bridgehead atoms. The lowest BCUT2D eigenvalue weighted by Crippen LogP contribution is -1.78. The molecule has 0 fully saturated rings. The van der Waals surface area contributed by atoms with Crippen LogP contribution in [-0.4, -0.2) is 4.98 Å². The molecule has 0 aliphatic heterocycles. The molecule has 0 atom stereocenters. The average molecular weight is 235 g/mol. The molecule has 2 nitrogen and oxygen atoms in total. The van der Waals surface area contributed by atoms with E-state index in [9.17, 15) is 0 Å². The molecule has 0 unspecified atom stereocenters. The number of nitriles is 1. The molecular weight excluding hydrogens is 228 g/mol. The highest BCUT2D eigenvalue weighted by Gasteiger charge is 2.09. The van der Waals surface area contributed by atoms with Gasteiger partial charge in [-0.1, -0.05) is 41.4 Å². The molecule has 1 heterocycles. The summed E-state index contributed by atoms with van der Waals surface area (Å²) in [5.41, 5.74) is 2.49. The van der Waals surface area contributed by atoms with Crippen LogP contribution in [0.1, 0.15) is 11.3 Å². The lowest BCUT2D eigenvalue weighted by atomic mass is 10.2. The lowest BCUT2D eigenvalue weighted by molar-refractivity contribution is 1.33. The Morgan fingerprint density at radius 1 is 1.33 bits per heavy atom. The van der Waals surface area contributed by atoms with E-state index in [0.717, 1.165) is 10.6 Å². The van der Waals surface area contributed by atoms with E-state index in [1.807, 2.05) is 37.3 Å². The minimum Gasteiger partial charge on any atom is -0.224 e. The van der Waals surface area contributed by atoms with Crippen LogP contribution in [0.5, 0.6) is 0 Å². The fourth-order valence-corrected chi connectivity index (χ4v) is 2.24. The van der Waals surface area contributed by atoms with Crippen LogP contribution >= 0.6 is 22.9 Å². The van der Waals surface area contributed by atoms with Gasteiger partial charge in [-0.2, -0.15) is 5.26 Å². The Morgan fingerprint density at radius 3 is 2.53 bits per heavy atom. The molecule has 0 spiro atoms. The van der Waals surface area contributed by atoms with Gasteiger partial charge in [0.05, 0.1) is 0 Å². The monoisotopic (exact) mass is 234 g/mol. The van der Waals surface area contributed by atoms with Gasteiger partial charge in [0.2, 0.25) is 0 Å². The molecule has 0 aliphatic carbocycles.